The molecule has 0 aromatic heterocycles. The smallest absolute Gasteiger partial charge is 0.242 e. The van der Waals surface area contributed by atoms with Crippen molar-refractivity contribution in [1.29, 1.82) is 0 Å². The molecule has 0 aliphatic heterocycles. The van der Waals surface area contributed by atoms with Crippen LogP contribution in [0.5, 0.6) is 0 Å². The zero-order chi connectivity index (χ0) is 15.6. The van der Waals surface area contributed by atoms with Gasteiger partial charge in [0, 0.05) is 18.8 Å². The fourth-order valence-corrected chi connectivity index (χ4v) is 2.98. The summed E-state index contributed by atoms with van der Waals surface area (Å²) in [4.78, 5) is 13.5. The van der Waals surface area contributed by atoms with Gasteiger partial charge in [-0.2, -0.15) is 0 Å². The number of likely N-dealkylation sites (N-methyl/N-ethyl adjacent to an activating group) is 1. The van der Waals surface area contributed by atoms with Crippen LogP contribution in [0.4, 0.5) is 11.4 Å². The first-order valence-electron chi connectivity index (χ1n) is 6.67. The monoisotopic (exact) mass is 312 g/mol. The van der Waals surface area contributed by atoms with Gasteiger partial charge < -0.3 is 16.0 Å². The van der Waals surface area contributed by atoms with Gasteiger partial charge in [0.25, 0.3) is 0 Å². The predicted octanol–water partition coefficient (Wildman–Crippen LogP) is -0.108. The maximum atomic E-state index is 12.1. The highest BCUT2D eigenvalue weighted by Gasteiger charge is 2.25. The molecule has 116 valence electrons. The van der Waals surface area contributed by atoms with E-state index in [2.05, 4.69) is 10.0 Å². The van der Waals surface area contributed by atoms with Crippen LogP contribution in [-0.4, -0.2) is 41.0 Å². The number of carbonyl (C=O) groups excluding carboxylic acids is 1. The second-order valence-electron chi connectivity index (χ2n) is 5.13. The van der Waals surface area contributed by atoms with E-state index in [1.54, 1.807) is 24.1 Å². The lowest BCUT2D eigenvalue weighted by molar-refractivity contribution is -0.119. The second kappa shape index (κ2) is 5.90. The number of nitrogens with zero attached hydrogens (tertiary/aromatic N) is 1. The Morgan fingerprint density at radius 3 is 2.67 bits per heavy atom. The third kappa shape index (κ3) is 3.85. The van der Waals surface area contributed by atoms with Gasteiger partial charge in [0.2, 0.25) is 15.9 Å². The van der Waals surface area contributed by atoms with Crippen molar-refractivity contribution >= 4 is 27.3 Å². The minimum absolute atomic E-state index is 0.0618. The molecule has 1 fully saturated rings. The van der Waals surface area contributed by atoms with Crippen molar-refractivity contribution in [3.63, 3.8) is 0 Å². The number of anilines is 2. The summed E-state index contributed by atoms with van der Waals surface area (Å²) in [7, 11) is -0.638. The molecule has 0 bridgehead atoms. The van der Waals surface area contributed by atoms with Crippen LogP contribution in [-0.2, 0) is 14.8 Å². The molecule has 1 amide bonds. The van der Waals surface area contributed by atoms with Gasteiger partial charge in [0.1, 0.15) is 4.90 Å². The van der Waals surface area contributed by atoms with E-state index in [-0.39, 0.29) is 23.4 Å². The standard InChI is InChI=1S/C13H20N4O3S/c1-15-21(19,20)12-7-9(14)3-6-11(12)17(2)8-13(18)16-10-4-5-10/h3,6-7,10,15H,4-5,8,14H2,1-2H3,(H,16,18). The third-order valence-corrected chi connectivity index (χ3v) is 4.72. The van der Waals surface area contributed by atoms with Crippen molar-refractivity contribution < 1.29 is 13.2 Å². The van der Waals surface area contributed by atoms with Gasteiger partial charge in [-0.25, -0.2) is 13.1 Å². The number of sulfonamides is 1. The summed E-state index contributed by atoms with van der Waals surface area (Å²) >= 11 is 0. The van der Waals surface area contributed by atoms with Gasteiger partial charge in [-0.3, -0.25) is 4.79 Å². The normalized spacial score (nSPS) is 14.8. The molecule has 1 saturated carbocycles. The van der Waals surface area contributed by atoms with Crippen LogP contribution in [0.2, 0.25) is 0 Å². The summed E-state index contributed by atoms with van der Waals surface area (Å²) in [6, 6.07) is 4.87. The first kappa shape index (κ1) is 15.6. The van der Waals surface area contributed by atoms with E-state index >= 15 is 0 Å². The summed E-state index contributed by atoms with van der Waals surface area (Å²) in [5, 5.41) is 2.87. The molecule has 1 aliphatic carbocycles. The van der Waals surface area contributed by atoms with Crippen LogP contribution in [0.3, 0.4) is 0 Å². The van der Waals surface area contributed by atoms with Gasteiger partial charge in [0.05, 0.1) is 12.2 Å². The van der Waals surface area contributed by atoms with Crippen LogP contribution in [0.1, 0.15) is 12.8 Å². The number of amides is 1. The number of nitrogens with one attached hydrogen (secondary N) is 2. The van der Waals surface area contributed by atoms with E-state index < -0.39 is 10.0 Å². The molecule has 8 heteroatoms. The summed E-state index contributed by atoms with van der Waals surface area (Å²) in [6.45, 7) is 0.0899. The van der Waals surface area contributed by atoms with E-state index in [4.69, 9.17) is 5.73 Å². The number of carbonyl (C=O) groups is 1. The van der Waals surface area contributed by atoms with Crippen LogP contribution in [0.15, 0.2) is 23.1 Å². The molecule has 0 atom stereocenters. The molecule has 1 aromatic rings. The molecule has 1 aromatic carbocycles. The Balaban J connectivity index is 2.23. The molecule has 1 aliphatic rings. The molecule has 7 nitrogen and oxygen atoms in total. The van der Waals surface area contributed by atoms with Gasteiger partial charge in [-0.05, 0) is 38.1 Å². The average molecular weight is 312 g/mol. The van der Waals surface area contributed by atoms with Crippen LogP contribution >= 0.6 is 0 Å². The van der Waals surface area contributed by atoms with Crippen LogP contribution in [0.25, 0.3) is 0 Å². The Morgan fingerprint density at radius 1 is 1.43 bits per heavy atom. The Morgan fingerprint density at radius 2 is 2.10 bits per heavy atom. The fraction of sp³-hybridized carbons (Fsp3) is 0.462. The fourth-order valence-electron chi connectivity index (χ4n) is 1.97. The second-order valence-corrected chi connectivity index (χ2v) is 6.99. The quantitative estimate of drug-likeness (QED) is 0.636. The molecule has 4 N–H and O–H groups in total. The molecule has 0 saturated heterocycles. The van der Waals surface area contributed by atoms with Gasteiger partial charge in [-0.1, -0.05) is 0 Å². The molecular weight excluding hydrogens is 292 g/mol. The highest BCUT2D eigenvalue weighted by Crippen LogP contribution is 2.26. The molecule has 0 radical (unpaired) electrons. The molecule has 2 rings (SSSR count). The average Bonchev–Trinajstić information content (AvgIpc) is 3.22. The number of benzene rings is 1. The van der Waals surface area contributed by atoms with Crippen LogP contribution < -0.4 is 20.7 Å². The highest BCUT2D eigenvalue weighted by molar-refractivity contribution is 7.89. The Bertz CT molecular complexity index is 641. The number of nitrogen functional groups attached to an aromatic ring is 1. The first-order valence-corrected chi connectivity index (χ1v) is 8.15. The predicted molar refractivity (Wildman–Crippen MR) is 81.5 cm³/mol. The summed E-state index contributed by atoms with van der Waals surface area (Å²) in [5.41, 5.74) is 6.45. The maximum Gasteiger partial charge on any atom is 0.242 e. The maximum absolute atomic E-state index is 12.1. The third-order valence-electron chi connectivity index (χ3n) is 3.28. The number of hydrogen-bond donors (Lipinski definition) is 3. The van der Waals surface area contributed by atoms with Gasteiger partial charge >= 0.3 is 0 Å². The van der Waals surface area contributed by atoms with Crippen molar-refractivity contribution in [2.75, 3.05) is 31.3 Å². The number of hydrogen-bond acceptors (Lipinski definition) is 5. The van der Waals surface area contributed by atoms with Crippen molar-refractivity contribution in [3.05, 3.63) is 18.2 Å². The van der Waals surface area contributed by atoms with E-state index in [1.807, 2.05) is 0 Å². The van der Waals surface area contributed by atoms with Gasteiger partial charge in [-0.15, -0.1) is 0 Å². The summed E-state index contributed by atoms with van der Waals surface area (Å²) in [5.74, 6) is -0.121. The lowest BCUT2D eigenvalue weighted by Gasteiger charge is -2.22. The highest BCUT2D eigenvalue weighted by atomic mass is 32.2. The van der Waals surface area contributed by atoms with Crippen molar-refractivity contribution in [2.45, 2.75) is 23.8 Å². The minimum atomic E-state index is -3.65. The van der Waals surface area contributed by atoms with E-state index in [0.717, 1.165) is 12.8 Å². The van der Waals surface area contributed by atoms with Crippen molar-refractivity contribution in [1.82, 2.24) is 10.0 Å². The number of rotatable bonds is 6. The topological polar surface area (TPSA) is 105 Å². The Kier molecular flexibility index (Phi) is 4.38. The lowest BCUT2D eigenvalue weighted by Crippen LogP contribution is -2.37. The molecule has 21 heavy (non-hydrogen) atoms. The Labute approximate surface area is 124 Å². The zero-order valence-corrected chi connectivity index (χ0v) is 12.9. The SMILES string of the molecule is CNS(=O)(=O)c1cc(N)ccc1N(C)CC(=O)NC1CC1. The van der Waals surface area contributed by atoms with Crippen molar-refractivity contribution in [2.24, 2.45) is 0 Å². The molecule has 0 spiro atoms. The summed E-state index contributed by atoms with van der Waals surface area (Å²) in [6.07, 6.45) is 2.02. The summed E-state index contributed by atoms with van der Waals surface area (Å²) < 4.78 is 26.4. The Hall–Kier alpha value is -1.80. The number of nitrogens with two attached hydrogens (primary N) is 1. The molecule has 0 heterocycles. The lowest BCUT2D eigenvalue weighted by atomic mass is 10.2. The minimum Gasteiger partial charge on any atom is -0.399 e. The molecule has 0 unspecified atom stereocenters. The van der Waals surface area contributed by atoms with Crippen molar-refractivity contribution in [3.8, 4) is 0 Å². The molecular formula is C13H20N4O3S. The largest absolute Gasteiger partial charge is 0.399 e. The van der Waals surface area contributed by atoms with E-state index in [1.165, 1.54) is 13.1 Å². The van der Waals surface area contributed by atoms with E-state index in [0.29, 0.717) is 11.4 Å². The first-order chi connectivity index (χ1) is 9.83. The van der Waals surface area contributed by atoms with Gasteiger partial charge in [0.15, 0.2) is 0 Å². The van der Waals surface area contributed by atoms with Crippen LogP contribution in [0, 0.1) is 0 Å². The zero-order valence-electron chi connectivity index (χ0n) is 12.1. The van der Waals surface area contributed by atoms with E-state index in [9.17, 15) is 13.2 Å².